The highest BCUT2D eigenvalue weighted by molar-refractivity contribution is 7.13. The zero-order chi connectivity index (χ0) is 22.5. The molecule has 31 heavy (non-hydrogen) atoms. The van der Waals surface area contributed by atoms with E-state index in [0.29, 0.717) is 37.7 Å². The van der Waals surface area contributed by atoms with Gasteiger partial charge in [-0.3, -0.25) is 9.59 Å². The number of carboxylic acid groups (broad SMARTS) is 1. The van der Waals surface area contributed by atoms with Crippen LogP contribution in [0, 0.1) is 0 Å². The second-order valence-corrected chi connectivity index (χ2v) is 7.99. The molecule has 162 valence electrons. The third-order valence-corrected chi connectivity index (χ3v) is 6.11. The number of aromatic nitrogens is 1. The number of aliphatic carboxylic acids is 1. The van der Waals surface area contributed by atoms with Gasteiger partial charge in [-0.05, 0) is 12.1 Å². The van der Waals surface area contributed by atoms with Gasteiger partial charge < -0.3 is 19.9 Å². The van der Waals surface area contributed by atoms with Gasteiger partial charge in [0.1, 0.15) is 10.7 Å². The monoisotopic (exact) mass is 480 g/mol. The van der Waals surface area contributed by atoms with Crippen LogP contribution in [-0.2, 0) is 4.79 Å². The van der Waals surface area contributed by atoms with Crippen molar-refractivity contribution >= 4 is 46.4 Å². The molecule has 1 amide bonds. The number of nitrogens with zero attached hydrogens (tertiary/aromatic N) is 1. The minimum atomic E-state index is -1.08. The molecule has 0 spiro atoms. The van der Waals surface area contributed by atoms with E-state index in [1.54, 1.807) is 41.8 Å². The summed E-state index contributed by atoms with van der Waals surface area (Å²) in [7, 11) is 2.92. The smallest absolute Gasteiger partial charge is 0.305 e. The van der Waals surface area contributed by atoms with Gasteiger partial charge in [0.05, 0.1) is 36.7 Å². The van der Waals surface area contributed by atoms with E-state index < -0.39 is 17.9 Å². The first-order valence-electron chi connectivity index (χ1n) is 8.99. The predicted molar refractivity (Wildman–Crippen MR) is 120 cm³/mol. The van der Waals surface area contributed by atoms with Crippen molar-refractivity contribution in [1.29, 1.82) is 0 Å². The number of nitrogens with one attached hydrogen (secondary N) is 1. The number of methoxy groups -OCH3 is 2. The normalized spacial score (nSPS) is 11.6. The van der Waals surface area contributed by atoms with Crippen LogP contribution < -0.4 is 14.8 Å². The lowest BCUT2D eigenvalue weighted by Crippen LogP contribution is -2.30. The molecule has 2 N–H and O–H groups in total. The van der Waals surface area contributed by atoms with Gasteiger partial charge in [-0.15, -0.1) is 11.3 Å². The summed E-state index contributed by atoms with van der Waals surface area (Å²) in [5.74, 6) is -0.839. The molecule has 1 heterocycles. The van der Waals surface area contributed by atoms with Crippen LogP contribution in [0.2, 0.25) is 10.0 Å². The van der Waals surface area contributed by atoms with Crippen molar-refractivity contribution in [3.05, 3.63) is 63.1 Å². The fourth-order valence-electron chi connectivity index (χ4n) is 3.00. The van der Waals surface area contributed by atoms with Crippen LogP contribution in [0.3, 0.4) is 0 Å². The molecule has 1 atom stereocenters. The highest BCUT2D eigenvalue weighted by atomic mass is 35.5. The lowest BCUT2D eigenvalue weighted by molar-refractivity contribution is -0.137. The highest BCUT2D eigenvalue weighted by Gasteiger charge is 2.25. The summed E-state index contributed by atoms with van der Waals surface area (Å²) in [6, 6.07) is 9.34. The minimum absolute atomic E-state index is 0.133. The summed E-state index contributed by atoms with van der Waals surface area (Å²) in [4.78, 5) is 28.7. The van der Waals surface area contributed by atoms with E-state index in [9.17, 15) is 14.7 Å². The summed E-state index contributed by atoms with van der Waals surface area (Å²) < 4.78 is 10.7. The molecule has 0 saturated carbocycles. The van der Waals surface area contributed by atoms with Gasteiger partial charge in [-0.25, -0.2) is 4.98 Å². The molecule has 3 aromatic rings. The number of benzene rings is 2. The maximum Gasteiger partial charge on any atom is 0.305 e. The number of carboxylic acids is 1. The summed E-state index contributed by atoms with van der Waals surface area (Å²) in [5.41, 5.74) is 1.22. The quantitative estimate of drug-likeness (QED) is 0.466. The molecule has 0 fully saturated rings. The third kappa shape index (κ3) is 5.10. The molecule has 1 aromatic heterocycles. The number of para-hydroxylation sites is 1. The van der Waals surface area contributed by atoms with E-state index in [-0.39, 0.29) is 12.1 Å². The molecule has 0 aliphatic carbocycles. The number of thiazole rings is 1. The van der Waals surface area contributed by atoms with Crippen molar-refractivity contribution in [2.24, 2.45) is 0 Å². The molecule has 0 aliphatic rings. The maximum absolute atomic E-state index is 12.9. The largest absolute Gasteiger partial charge is 0.493 e. The van der Waals surface area contributed by atoms with Gasteiger partial charge >= 0.3 is 5.97 Å². The first-order valence-corrected chi connectivity index (χ1v) is 10.6. The molecular weight excluding hydrogens is 463 g/mol. The van der Waals surface area contributed by atoms with E-state index in [1.807, 2.05) is 0 Å². The van der Waals surface area contributed by atoms with Gasteiger partial charge in [-0.2, -0.15) is 0 Å². The number of halogens is 2. The number of rotatable bonds is 8. The van der Waals surface area contributed by atoms with Gasteiger partial charge in [0, 0.05) is 16.5 Å². The highest BCUT2D eigenvalue weighted by Crippen LogP contribution is 2.37. The molecular formula is C21H18Cl2N2O5S. The number of hydrogen-bond acceptors (Lipinski definition) is 6. The Bertz CT molecular complexity index is 1120. The molecule has 10 heteroatoms. The summed E-state index contributed by atoms with van der Waals surface area (Å²) in [5, 5.41) is 14.9. The van der Waals surface area contributed by atoms with E-state index in [2.05, 4.69) is 10.3 Å². The van der Waals surface area contributed by atoms with Crippen molar-refractivity contribution in [3.63, 3.8) is 0 Å². The second kappa shape index (κ2) is 10.00. The van der Waals surface area contributed by atoms with Crippen LogP contribution in [0.15, 0.2) is 41.8 Å². The Labute approximate surface area is 192 Å². The number of carbonyl (C=O) groups excluding carboxylic acids is 1. The van der Waals surface area contributed by atoms with Crippen LogP contribution in [0.25, 0.3) is 10.6 Å². The average molecular weight is 481 g/mol. The first-order chi connectivity index (χ1) is 14.8. The van der Waals surface area contributed by atoms with Crippen molar-refractivity contribution in [2.45, 2.75) is 12.5 Å². The van der Waals surface area contributed by atoms with Crippen molar-refractivity contribution < 1.29 is 24.2 Å². The first kappa shape index (κ1) is 22.9. The topological polar surface area (TPSA) is 97.8 Å². The van der Waals surface area contributed by atoms with Gasteiger partial charge in [-0.1, -0.05) is 47.5 Å². The van der Waals surface area contributed by atoms with Crippen molar-refractivity contribution in [2.75, 3.05) is 14.2 Å². The third-order valence-electron chi connectivity index (χ3n) is 4.41. The molecule has 1 unspecified atom stereocenters. The molecule has 7 nitrogen and oxygen atoms in total. The number of carbonyl (C=O) groups is 2. The van der Waals surface area contributed by atoms with Gasteiger partial charge in [0.25, 0.3) is 5.91 Å². The Kier molecular flexibility index (Phi) is 7.37. The Balaban J connectivity index is 1.90. The second-order valence-electron chi connectivity index (χ2n) is 6.35. The predicted octanol–water partition coefficient (Wildman–Crippen LogP) is 5.08. The zero-order valence-corrected chi connectivity index (χ0v) is 18.8. The Morgan fingerprint density at radius 2 is 1.90 bits per heavy atom. The van der Waals surface area contributed by atoms with E-state index in [1.165, 1.54) is 25.6 Å². The molecule has 0 aliphatic heterocycles. The van der Waals surface area contributed by atoms with E-state index >= 15 is 0 Å². The standard InChI is InChI=1S/C21H18Cl2N2O5S/c1-29-16-8-4-5-11(19(16)30-2)14(9-17(26)27)24-20(28)15-10-31-21(25-15)12-6-3-7-13(22)18(12)23/h3-8,10,14H,9H2,1-2H3,(H,24,28)(H,26,27). The van der Waals surface area contributed by atoms with Crippen LogP contribution >= 0.6 is 34.5 Å². The molecule has 0 saturated heterocycles. The lowest BCUT2D eigenvalue weighted by Gasteiger charge is -2.21. The summed E-state index contributed by atoms with van der Waals surface area (Å²) in [6.07, 6.45) is -0.355. The molecule has 0 bridgehead atoms. The average Bonchev–Trinajstić information content (AvgIpc) is 3.24. The maximum atomic E-state index is 12.9. The zero-order valence-electron chi connectivity index (χ0n) is 16.5. The van der Waals surface area contributed by atoms with Gasteiger partial charge in [0.2, 0.25) is 0 Å². The number of hydrogen-bond donors (Lipinski definition) is 2. The molecule has 2 aromatic carbocycles. The van der Waals surface area contributed by atoms with Crippen LogP contribution in [0.4, 0.5) is 0 Å². The summed E-state index contributed by atoms with van der Waals surface area (Å²) >= 11 is 13.5. The van der Waals surface area contributed by atoms with E-state index in [0.717, 1.165) is 0 Å². The number of amides is 1. The SMILES string of the molecule is COc1cccc(C(CC(=O)O)NC(=O)c2csc(-c3cccc(Cl)c3Cl)n2)c1OC. The fourth-order valence-corrected chi connectivity index (χ4v) is 4.28. The lowest BCUT2D eigenvalue weighted by atomic mass is 10.0. The van der Waals surface area contributed by atoms with Gasteiger partial charge in [0.15, 0.2) is 11.5 Å². The summed E-state index contributed by atoms with van der Waals surface area (Å²) in [6.45, 7) is 0. The number of ether oxygens (including phenoxy) is 2. The Morgan fingerprint density at radius 3 is 2.58 bits per heavy atom. The van der Waals surface area contributed by atoms with Crippen molar-refractivity contribution in [1.82, 2.24) is 10.3 Å². The fraction of sp³-hybridized carbons (Fsp3) is 0.190. The Morgan fingerprint density at radius 1 is 1.16 bits per heavy atom. The van der Waals surface area contributed by atoms with E-state index in [4.69, 9.17) is 32.7 Å². The molecule has 3 rings (SSSR count). The molecule has 0 radical (unpaired) electrons. The Hall–Kier alpha value is -2.81. The van der Waals surface area contributed by atoms with Crippen LogP contribution in [0.1, 0.15) is 28.5 Å². The van der Waals surface area contributed by atoms with Crippen LogP contribution in [-0.4, -0.2) is 36.2 Å². The van der Waals surface area contributed by atoms with Crippen LogP contribution in [0.5, 0.6) is 11.5 Å². The minimum Gasteiger partial charge on any atom is -0.493 e. The van der Waals surface area contributed by atoms with Crippen molar-refractivity contribution in [3.8, 4) is 22.1 Å².